The van der Waals surface area contributed by atoms with Gasteiger partial charge in [-0.1, -0.05) is 12.1 Å². The molecular weight excluding hydrogens is 314 g/mol. The first-order valence-electron chi connectivity index (χ1n) is 7.49. The van der Waals surface area contributed by atoms with Crippen LogP contribution in [0.15, 0.2) is 30.3 Å². The minimum absolute atomic E-state index is 0.238. The molecule has 0 unspecified atom stereocenters. The maximum atomic E-state index is 11.8. The Labute approximate surface area is 139 Å². The van der Waals surface area contributed by atoms with E-state index in [1.54, 1.807) is 37.5 Å². The second-order valence-corrected chi connectivity index (χ2v) is 5.22. The highest BCUT2D eigenvalue weighted by Gasteiger charge is 2.31. The molecule has 1 amide bonds. The first-order valence-corrected chi connectivity index (χ1v) is 7.49. The summed E-state index contributed by atoms with van der Waals surface area (Å²) in [4.78, 5) is 34.9. The molecule has 1 saturated heterocycles. The molecule has 1 N–H and O–H groups in total. The van der Waals surface area contributed by atoms with Crippen LogP contribution >= 0.6 is 0 Å². The van der Waals surface area contributed by atoms with Gasteiger partial charge >= 0.3 is 11.9 Å². The summed E-state index contributed by atoms with van der Waals surface area (Å²) in [5.74, 6) is -0.950. The van der Waals surface area contributed by atoms with Crippen LogP contribution in [0.1, 0.15) is 18.9 Å². The van der Waals surface area contributed by atoms with Crippen molar-refractivity contribution >= 4 is 23.9 Å². The molecule has 2 rings (SSSR count). The molecule has 7 nitrogen and oxygen atoms in total. The van der Waals surface area contributed by atoms with E-state index < -0.39 is 30.0 Å². The Morgan fingerprint density at radius 1 is 1.33 bits per heavy atom. The zero-order valence-corrected chi connectivity index (χ0v) is 13.5. The molecule has 1 aromatic carbocycles. The number of amides is 1. The van der Waals surface area contributed by atoms with Gasteiger partial charge in [0, 0.05) is 12.5 Å². The van der Waals surface area contributed by atoms with E-state index in [1.807, 2.05) is 0 Å². The summed E-state index contributed by atoms with van der Waals surface area (Å²) in [6, 6.07) is 6.28. The van der Waals surface area contributed by atoms with Gasteiger partial charge in [-0.05, 0) is 30.7 Å². The molecule has 0 aliphatic carbocycles. The van der Waals surface area contributed by atoms with Crippen molar-refractivity contribution in [3.05, 3.63) is 35.9 Å². The third-order valence-corrected chi connectivity index (χ3v) is 3.40. The Balaban J connectivity index is 1.82. The minimum Gasteiger partial charge on any atom is -0.497 e. The number of hydrogen-bond donors (Lipinski definition) is 1. The summed E-state index contributed by atoms with van der Waals surface area (Å²) in [6.45, 7) is 1.73. The topological polar surface area (TPSA) is 90.9 Å². The number of hydrogen-bond acceptors (Lipinski definition) is 6. The maximum Gasteiger partial charge on any atom is 0.347 e. The molecule has 1 aliphatic rings. The van der Waals surface area contributed by atoms with Crippen molar-refractivity contribution in [2.45, 2.75) is 25.5 Å². The molecule has 1 aromatic rings. The summed E-state index contributed by atoms with van der Waals surface area (Å²) in [5.41, 5.74) is 0.815. The zero-order valence-electron chi connectivity index (χ0n) is 13.5. The molecule has 7 heteroatoms. The van der Waals surface area contributed by atoms with Crippen molar-refractivity contribution in [1.29, 1.82) is 0 Å². The molecule has 0 bridgehead atoms. The van der Waals surface area contributed by atoms with Crippen LogP contribution in [0, 0.1) is 0 Å². The van der Waals surface area contributed by atoms with Gasteiger partial charge < -0.3 is 19.5 Å². The van der Waals surface area contributed by atoms with E-state index in [9.17, 15) is 14.4 Å². The van der Waals surface area contributed by atoms with Crippen LogP contribution in [-0.4, -0.2) is 43.7 Å². The van der Waals surface area contributed by atoms with Gasteiger partial charge in [0.25, 0.3) is 0 Å². The maximum absolute atomic E-state index is 11.8. The number of nitrogens with one attached hydrogen (secondary N) is 1. The number of carbonyl (C=O) groups excluding carboxylic acids is 3. The summed E-state index contributed by atoms with van der Waals surface area (Å²) < 4.78 is 14.8. The molecular formula is C17H19NO6. The number of carbonyl (C=O) groups is 3. The van der Waals surface area contributed by atoms with Gasteiger partial charge in [-0.2, -0.15) is 0 Å². The quantitative estimate of drug-likeness (QED) is 0.619. The van der Waals surface area contributed by atoms with E-state index in [4.69, 9.17) is 14.2 Å². The lowest BCUT2D eigenvalue weighted by atomic mass is 10.2. The predicted octanol–water partition coefficient (Wildman–Crippen LogP) is 1.07. The van der Waals surface area contributed by atoms with Crippen LogP contribution in [0.5, 0.6) is 5.75 Å². The minimum atomic E-state index is -0.883. The molecule has 0 saturated carbocycles. The number of esters is 2. The van der Waals surface area contributed by atoms with Crippen LogP contribution in [0.4, 0.5) is 0 Å². The SMILES string of the molecule is COc1ccc(/C=C/C(=O)N[C@@H](C)C(=O)O[C@H]2CCOC2=O)cc1. The predicted molar refractivity (Wildman–Crippen MR) is 85.1 cm³/mol. The Hall–Kier alpha value is -2.83. The summed E-state index contributed by atoms with van der Waals surface area (Å²) >= 11 is 0. The van der Waals surface area contributed by atoms with E-state index in [-0.39, 0.29) is 6.61 Å². The second kappa shape index (κ2) is 8.14. The molecule has 1 fully saturated rings. The van der Waals surface area contributed by atoms with Gasteiger partial charge in [0.1, 0.15) is 11.8 Å². The van der Waals surface area contributed by atoms with Gasteiger partial charge in [-0.25, -0.2) is 9.59 Å². The lowest BCUT2D eigenvalue weighted by Crippen LogP contribution is -2.40. The highest BCUT2D eigenvalue weighted by Crippen LogP contribution is 2.12. The van der Waals surface area contributed by atoms with E-state index in [1.165, 1.54) is 13.0 Å². The first kappa shape index (κ1) is 17.5. The Morgan fingerprint density at radius 2 is 2.04 bits per heavy atom. The van der Waals surface area contributed by atoms with Crippen LogP contribution in [0.2, 0.25) is 0 Å². The van der Waals surface area contributed by atoms with Crippen LogP contribution < -0.4 is 10.1 Å². The van der Waals surface area contributed by atoms with E-state index in [2.05, 4.69) is 5.32 Å². The fourth-order valence-corrected chi connectivity index (χ4v) is 2.03. The number of rotatable bonds is 6. The molecule has 1 heterocycles. The normalized spacial score (nSPS) is 18.1. The summed E-state index contributed by atoms with van der Waals surface area (Å²) in [5, 5.41) is 2.48. The average Bonchev–Trinajstić information content (AvgIpc) is 2.98. The number of cyclic esters (lactones) is 1. The Morgan fingerprint density at radius 3 is 2.62 bits per heavy atom. The third kappa shape index (κ3) is 4.84. The van der Waals surface area contributed by atoms with Crippen molar-refractivity contribution in [2.24, 2.45) is 0 Å². The summed E-state index contributed by atoms with van der Waals surface area (Å²) in [6.07, 6.45) is 2.38. The van der Waals surface area contributed by atoms with Crippen molar-refractivity contribution < 1.29 is 28.6 Å². The van der Waals surface area contributed by atoms with Crippen LogP contribution in [-0.2, 0) is 23.9 Å². The largest absolute Gasteiger partial charge is 0.497 e. The number of methoxy groups -OCH3 is 1. The van der Waals surface area contributed by atoms with Crippen LogP contribution in [0.25, 0.3) is 6.08 Å². The number of benzene rings is 1. The Bertz CT molecular complexity index is 637. The fraction of sp³-hybridized carbons (Fsp3) is 0.353. The zero-order chi connectivity index (χ0) is 17.5. The lowest BCUT2D eigenvalue weighted by molar-refractivity contribution is -0.161. The monoisotopic (exact) mass is 333 g/mol. The van der Waals surface area contributed by atoms with Gasteiger partial charge in [0.15, 0.2) is 0 Å². The molecule has 24 heavy (non-hydrogen) atoms. The molecule has 1 aliphatic heterocycles. The highest BCUT2D eigenvalue weighted by atomic mass is 16.6. The lowest BCUT2D eigenvalue weighted by Gasteiger charge is -2.14. The molecule has 2 atom stereocenters. The average molecular weight is 333 g/mol. The standard InChI is InChI=1S/C17H19NO6/c1-11(16(20)24-14-9-10-23-17(14)21)18-15(19)8-5-12-3-6-13(22-2)7-4-12/h3-8,11,14H,9-10H2,1-2H3,(H,18,19)/b8-5+/t11-,14-/m0/s1. The van der Waals surface area contributed by atoms with Crippen molar-refractivity contribution in [1.82, 2.24) is 5.32 Å². The smallest absolute Gasteiger partial charge is 0.347 e. The van der Waals surface area contributed by atoms with Gasteiger partial charge in [-0.15, -0.1) is 0 Å². The number of ether oxygens (including phenoxy) is 3. The van der Waals surface area contributed by atoms with E-state index >= 15 is 0 Å². The molecule has 0 spiro atoms. The van der Waals surface area contributed by atoms with Crippen LogP contribution in [0.3, 0.4) is 0 Å². The fourth-order valence-electron chi connectivity index (χ4n) is 2.03. The molecule has 128 valence electrons. The molecule has 0 aromatic heterocycles. The van der Waals surface area contributed by atoms with Gasteiger partial charge in [0.2, 0.25) is 12.0 Å². The van der Waals surface area contributed by atoms with Gasteiger partial charge in [-0.3, -0.25) is 4.79 Å². The first-order chi connectivity index (χ1) is 11.5. The van der Waals surface area contributed by atoms with E-state index in [0.717, 1.165) is 11.3 Å². The van der Waals surface area contributed by atoms with Crippen molar-refractivity contribution in [3.8, 4) is 5.75 Å². The second-order valence-electron chi connectivity index (χ2n) is 5.22. The third-order valence-electron chi connectivity index (χ3n) is 3.40. The highest BCUT2D eigenvalue weighted by molar-refractivity contribution is 5.94. The molecule has 0 radical (unpaired) electrons. The van der Waals surface area contributed by atoms with Crippen molar-refractivity contribution in [2.75, 3.05) is 13.7 Å². The Kier molecular flexibility index (Phi) is 5.95. The van der Waals surface area contributed by atoms with Gasteiger partial charge in [0.05, 0.1) is 13.7 Å². The summed E-state index contributed by atoms with van der Waals surface area (Å²) in [7, 11) is 1.57. The van der Waals surface area contributed by atoms with Crippen molar-refractivity contribution in [3.63, 3.8) is 0 Å². The van der Waals surface area contributed by atoms with E-state index in [0.29, 0.717) is 6.42 Å².